The highest BCUT2D eigenvalue weighted by molar-refractivity contribution is 7.92. The lowest BCUT2D eigenvalue weighted by molar-refractivity contribution is 0.102. The van der Waals surface area contributed by atoms with Crippen molar-refractivity contribution in [1.29, 1.82) is 0 Å². The molecule has 26 heavy (non-hydrogen) atoms. The molecule has 1 amide bonds. The predicted molar refractivity (Wildman–Crippen MR) is 101 cm³/mol. The third-order valence-electron chi connectivity index (χ3n) is 3.69. The van der Waals surface area contributed by atoms with Crippen LogP contribution in [0.1, 0.15) is 16.1 Å². The zero-order valence-corrected chi connectivity index (χ0v) is 14.8. The van der Waals surface area contributed by atoms with Gasteiger partial charge in [0.1, 0.15) is 5.69 Å². The smallest absolute Gasteiger partial charge is 0.274 e. The molecule has 0 saturated carbocycles. The number of aromatic nitrogens is 1. The number of benzene rings is 2. The summed E-state index contributed by atoms with van der Waals surface area (Å²) in [4.78, 5) is 16.4. The molecule has 0 atom stereocenters. The van der Waals surface area contributed by atoms with E-state index in [0.717, 1.165) is 5.56 Å². The number of sulfonamides is 1. The number of nitrogens with zero attached hydrogens (tertiary/aromatic N) is 1. The molecule has 3 rings (SSSR count). The Labute approximate surface area is 152 Å². The molecule has 6 nitrogen and oxygen atoms in total. The van der Waals surface area contributed by atoms with E-state index in [1.54, 1.807) is 61.5 Å². The summed E-state index contributed by atoms with van der Waals surface area (Å²) in [7, 11) is -3.71. The van der Waals surface area contributed by atoms with E-state index in [0.29, 0.717) is 11.4 Å². The topological polar surface area (TPSA) is 88.2 Å². The lowest BCUT2D eigenvalue weighted by atomic mass is 10.2. The molecule has 132 valence electrons. The largest absolute Gasteiger partial charge is 0.321 e. The highest BCUT2D eigenvalue weighted by Crippen LogP contribution is 2.23. The molecule has 0 spiro atoms. The van der Waals surface area contributed by atoms with Crippen molar-refractivity contribution in [3.63, 3.8) is 0 Å². The summed E-state index contributed by atoms with van der Waals surface area (Å²) in [5.41, 5.74) is 1.88. The maximum Gasteiger partial charge on any atom is 0.274 e. The molecule has 0 bridgehead atoms. The zero-order valence-electron chi connectivity index (χ0n) is 14.0. The Morgan fingerprint density at radius 1 is 0.962 bits per heavy atom. The van der Waals surface area contributed by atoms with Crippen molar-refractivity contribution in [2.24, 2.45) is 0 Å². The molecule has 0 aliphatic heterocycles. The molecule has 0 aliphatic carbocycles. The number of pyridine rings is 1. The molecule has 7 heteroatoms. The van der Waals surface area contributed by atoms with Crippen LogP contribution in [0, 0.1) is 6.92 Å². The van der Waals surface area contributed by atoms with Gasteiger partial charge in [-0.25, -0.2) is 8.42 Å². The van der Waals surface area contributed by atoms with Crippen LogP contribution in [-0.4, -0.2) is 19.3 Å². The van der Waals surface area contributed by atoms with E-state index in [1.165, 1.54) is 18.3 Å². The first-order valence-corrected chi connectivity index (χ1v) is 9.35. The monoisotopic (exact) mass is 367 g/mol. The van der Waals surface area contributed by atoms with Gasteiger partial charge in [0.2, 0.25) is 0 Å². The van der Waals surface area contributed by atoms with Crippen LogP contribution in [-0.2, 0) is 10.0 Å². The van der Waals surface area contributed by atoms with E-state index >= 15 is 0 Å². The summed E-state index contributed by atoms with van der Waals surface area (Å²) >= 11 is 0. The fourth-order valence-electron chi connectivity index (χ4n) is 2.31. The molecule has 0 saturated heterocycles. The molecule has 2 N–H and O–H groups in total. The number of nitrogens with one attached hydrogen (secondary N) is 2. The summed E-state index contributed by atoms with van der Waals surface area (Å²) in [6, 6.07) is 18.2. The van der Waals surface area contributed by atoms with Crippen molar-refractivity contribution < 1.29 is 13.2 Å². The van der Waals surface area contributed by atoms with Crippen molar-refractivity contribution in [3.8, 4) is 0 Å². The predicted octanol–water partition coefficient (Wildman–Crippen LogP) is 3.44. The number of anilines is 2. The van der Waals surface area contributed by atoms with Gasteiger partial charge in [0.15, 0.2) is 0 Å². The van der Waals surface area contributed by atoms with Crippen LogP contribution >= 0.6 is 0 Å². The Hall–Kier alpha value is -3.19. The minimum atomic E-state index is -3.71. The van der Waals surface area contributed by atoms with E-state index in [2.05, 4.69) is 15.0 Å². The second kappa shape index (κ2) is 7.37. The standard InChI is InChI=1S/C19H17N3O3S/c1-14-10-11-15(21-19(23)17-9-5-6-12-20-17)13-18(14)22-26(24,25)16-7-3-2-4-8-16/h2-13,22H,1H3,(H,21,23). The SMILES string of the molecule is Cc1ccc(NC(=O)c2ccccn2)cc1NS(=O)(=O)c1ccccc1. The number of hydrogen-bond acceptors (Lipinski definition) is 4. The molecule has 0 unspecified atom stereocenters. The third kappa shape index (κ3) is 4.07. The van der Waals surface area contributed by atoms with Crippen LogP contribution in [0.4, 0.5) is 11.4 Å². The van der Waals surface area contributed by atoms with E-state index in [9.17, 15) is 13.2 Å². The Bertz CT molecular complexity index is 1020. The number of aryl methyl sites for hydroxylation is 1. The van der Waals surface area contributed by atoms with Gasteiger partial charge in [-0.1, -0.05) is 30.3 Å². The van der Waals surface area contributed by atoms with Crippen LogP contribution in [0.25, 0.3) is 0 Å². The summed E-state index contributed by atoms with van der Waals surface area (Å²) in [6.07, 6.45) is 1.53. The van der Waals surface area contributed by atoms with Crippen molar-refractivity contribution in [3.05, 3.63) is 84.2 Å². The summed E-state index contributed by atoms with van der Waals surface area (Å²) in [5.74, 6) is -0.369. The molecule has 0 aliphatic rings. The maximum absolute atomic E-state index is 12.5. The van der Waals surface area contributed by atoms with Gasteiger partial charge in [0.25, 0.3) is 15.9 Å². The number of carbonyl (C=O) groups excluding carboxylic acids is 1. The summed E-state index contributed by atoms with van der Waals surface area (Å²) in [5, 5.41) is 2.72. The van der Waals surface area contributed by atoms with Crippen LogP contribution in [0.3, 0.4) is 0 Å². The van der Waals surface area contributed by atoms with Crippen molar-refractivity contribution in [2.75, 3.05) is 10.0 Å². The van der Waals surface area contributed by atoms with Crippen molar-refractivity contribution in [2.45, 2.75) is 11.8 Å². The molecule has 0 fully saturated rings. The van der Waals surface area contributed by atoms with Gasteiger partial charge < -0.3 is 5.32 Å². The Morgan fingerprint density at radius 2 is 1.69 bits per heavy atom. The van der Waals surface area contributed by atoms with Crippen LogP contribution in [0.5, 0.6) is 0 Å². The molecule has 2 aromatic carbocycles. The molecular weight excluding hydrogens is 350 g/mol. The average Bonchev–Trinajstić information content (AvgIpc) is 2.66. The Balaban J connectivity index is 1.83. The molecule has 1 heterocycles. The van der Waals surface area contributed by atoms with Crippen LogP contribution in [0.15, 0.2) is 77.8 Å². The van der Waals surface area contributed by atoms with Gasteiger partial charge in [-0.15, -0.1) is 0 Å². The normalized spacial score (nSPS) is 11.0. The van der Waals surface area contributed by atoms with Gasteiger partial charge >= 0.3 is 0 Å². The quantitative estimate of drug-likeness (QED) is 0.723. The Kier molecular flexibility index (Phi) is 4.99. The number of hydrogen-bond donors (Lipinski definition) is 2. The van der Waals surface area contributed by atoms with Crippen LogP contribution in [0.2, 0.25) is 0 Å². The van der Waals surface area contributed by atoms with E-state index in [1.807, 2.05) is 0 Å². The summed E-state index contributed by atoms with van der Waals surface area (Å²) in [6.45, 7) is 1.78. The van der Waals surface area contributed by atoms with Gasteiger partial charge in [0, 0.05) is 11.9 Å². The zero-order chi connectivity index (χ0) is 18.6. The molecule has 3 aromatic rings. The second-order valence-corrected chi connectivity index (χ2v) is 7.30. The van der Waals surface area contributed by atoms with Gasteiger partial charge in [-0.05, 0) is 48.9 Å². The highest BCUT2D eigenvalue weighted by atomic mass is 32.2. The highest BCUT2D eigenvalue weighted by Gasteiger charge is 2.15. The van der Waals surface area contributed by atoms with E-state index in [4.69, 9.17) is 0 Å². The average molecular weight is 367 g/mol. The number of carbonyl (C=O) groups is 1. The fraction of sp³-hybridized carbons (Fsp3) is 0.0526. The van der Waals surface area contributed by atoms with E-state index in [-0.39, 0.29) is 16.5 Å². The maximum atomic E-state index is 12.5. The first-order valence-electron chi connectivity index (χ1n) is 7.86. The van der Waals surface area contributed by atoms with Crippen LogP contribution < -0.4 is 10.0 Å². The van der Waals surface area contributed by atoms with Gasteiger partial charge in [-0.2, -0.15) is 0 Å². The summed E-state index contributed by atoms with van der Waals surface area (Å²) < 4.78 is 27.6. The molecule has 1 aromatic heterocycles. The lowest BCUT2D eigenvalue weighted by Crippen LogP contribution is -2.15. The van der Waals surface area contributed by atoms with Crippen molar-refractivity contribution in [1.82, 2.24) is 4.98 Å². The first-order chi connectivity index (χ1) is 12.5. The van der Waals surface area contributed by atoms with E-state index < -0.39 is 10.0 Å². The number of amides is 1. The fourth-order valence-corrected chi connectivity index (χ4v) is 3.45. The third-order valence-corrected chi connectivity index (χ3v) is 5.07. The van der Waals surface area contributed by atoms with Crippen molar-refractivity contribution >= 4 is 27.3 Å². The lowest BCUT2D eigenvalue weighted by Gasteiger charge is -2.13. The first kappa shape index (κ1) is 17.6. The number of rotatable bonds is 5. The minimum absolute atomic E-state index is 0.169. The van der Waals surface area contributed by atoms with Gasteiger partial charge in [-0.3, -0.25) is 14.5 Å². The second-order valence-electron chi connectivity index (χ2n) is 5.62. The minimum Gasteiger partial charge on any atom is -0.321 e. The molecule has 0 radical (unpaired) electrons. The van der Waals surface area contributed by atoms with Gasteiger partial charge in [0.05, 0.1) is 10.6 Å². The Morgan fingerprint density at radius 3 is 2.38 bits per heavy atom. The molecular formula is C19H17N3O3S.